The van der Waals surface area contributed by atoms with E-state index in [0.717, 1.165) is 35.5 Å². The number of carbonyl (C=O) groups excluding carboxylic acids is 2. The summed E-state index contributed by atoms with van der Waals surface area (Å²) in [5.41, 5.74) is 5.15. The Morgan fingerprint density at radius 1 is 1.06 bits per heavy atom. The molecule has 1 aromatic carbocycles. The summed E-state index contributed by atoms with van der Waals surface area (Å²) in [4.78, 5) is 28.7. The van der Waals surface area contributed by atoms with Gasteiger partial charge in [0.1, 0.15) is 12.4 Å². The lowest BCUT2D eigenvalue weighted by Crippen LogP contribution is -2.02. The van der Waals surface area contributed by atoms with Gasteiger partial charge in [-0.2, -0.15) is 0 Å². The van der Waals surface area contributed by atoms with E-state index >= 15 is 0 Å². The number of hydrogen-bond acceptors (Lipinski definition) is 4. The minimum atomic E-state index is -0.228. The molecule has 4 rings (SSSR count). The number of fused-ring (bicyclic) bond motifs is 1. The highest BCUT2D eigenvalue weighted by atomic mass is 16.5. The molecule has 0 fully saturated rings. The molecule has 0 aliphatic heterocycles. The maximum absolute atomic E-state index is 12.2. The third-order valence-corrected chi connectivity index (χ3v) is 5.50. The van der Waals surface area contributed by atoms with Crippen LogP contribution in [0.2, 0.25) is 0 Å². The van der Waals surface area contributed by atoms with Crippen molar-refractivity contribution in [2.75, 3.05) is 0 Å². The summed E-state index contributed by atoms with van der Waals surface area (Å²) in [6.45, 7) is 0.395. The van der Waals surface area contributed by atoms with Crippen molar-refractivity contribution in [1.29, 1.82) is 0 Å². The third-order valence-electron chi connectivity index (χ3n) is 5.50. The molecule has 3 aromatic rings. The summed E-state index contributed by atoms with van der Waals surface area (Å²) in [7, 11) is 1.99. The first-order valence-electron chi connectivity index (χ1n) is 11.0. The van der Waals surface area contributed by atoms with Crippen molar-refractivity contribution < 1.29 is 14.3 Å². The van der Waals surface area contributed by atoms with Crippen molar-refractivity contribution in [2.45, 2.75) is 25.9 Å². The summed E-state index contributed by atoms with van der Waals surface area (Å²) in [6, 6.07) is 15.2. The van der Waals surface area contributed by atoms with Gasteiger partial charge in [0.05, 0.1) is 12.1 Å². The minimum absolute atomic E-state index is 0.150. The van der Waals surface area contributed by atoms with Crippen LogP contribution in [0.25, 0.3) is 18.2 Å². The summed E-state index contributed by atoms with van der Waals surface area (Å²) >= 11 is 0. The highest BCUT2D eigenvalue weighted by Crippen LogP contribution is 2.23. The van der Waals surface area contributed by atoms with E-state index in [1.807, 2.05) is 49.5 Å². The van der Waals surface area contributed by atoms with E-state index in [1.54, 1.807) is 18.3 Å². The maximum atomic E-state index is 12.2. The Labute approximate surface area is 193 Å². The van der Waals surface area contributed by atoms with Gasteiger partial charge in [-0.3, -0.25) is 14.6 Å². The first-order valence-corrected chi connectivity index (χ1v) is 11.0. The molecular formula is C28H26N2O3. The van der Waals surface area contributed by atoms with Crippen molar-refractivity contribution in [1.82, 2.24) is 9.55 Å². The zero-order chi connectivity index (χ0) is 23.0. The summed E-state index contributed by atoms with van der Waals surface area (Å²) in [6.07, 6.45) is 14.3. The standard InChI is InChI=1S/C28H26N2O3/c1-30-24(18-22-6-2-3-8-28(22)30)12-14-26(32)19-25(31)13-9-21-10-15-27(16-11-21)33-20-23-7-4-5-17-29-23/h3-5,7-18H,2,6,19-20H2,1H3/b13-9+,14-12+. The van der Waals surface area contributed by atoms with Crippen LogP contribution in [0.1, 0.15) is 41.1 Å². The van der Waals surface area contributed by atoms with Crippen LogP contribution in [-0.4, -0.2) is 21.1 Å². The molecule has 1 aliphatic carbocycles. The molecule has 1 aliphatic rings. The molecule has 0 atom stereocenters. The van der Waals surface area contributed by atoms with Gasteiger partial charge >= 0.3 is 0 Å². The molecule has 0 saturated carbocycles. The molecule has 0 bridgehead atoms. The van der Waals surface area contributed by atoms with Gasteiger partial charge in [0, 0.05) is 24.6 Å². The molecule has 2 heterocycles. The quantitative estimate of drug-likeness (QED) is 0.340. The minimum Gasteiger partial charge on any atom is -0.487 e. The topological polar surface area (TPSA) is 61.2 Å². The lowest BCUT2D eigenvalue weighted by atomic mass is 10.0. The molecule has 5 nitrogen and oxygen atoms in total. The van der Waals surface area contributed by atoms with E-state index in [2.05, 4.69) is 27.8 Å². The van der Waals surface area contributed by atoms with Gasteiger partial charge < -0.3 is 9.30 Å². The largest absolute Gasteiger partial charge is 0.487 e. The van der Waals surface area contributed by atoms with Crippen LogP contribution in [0, 0.1) is 0 Å². The number of rotatable bonds is 9. The molecule has 2 aromatic heterocycles. The van der Waals surface area contributed by atoms with Crippen molar-refractivity contribution in [3.63, 3.8) is 0 Å². The van der Waals surface area contributed by atoms with Gasteiger partial charge in [0.2, 0.25) is 0 Å². The van der Waals surface area contributed by atoms with E-state index < -0.39 is 0 Å². The monoisotopic (exact) mass is 438 g/mol. The zero-order valence-electron chi connectivity index (χ0n) is 18.6. The van der Waals surface area contributed by atoms with Crippen LogP contribution in [0.5, 0.6) is 5.75 Å². The number of ether oxygens (including phenoxy) is 1. The lowest BCUT2D eigenvalue weighted by Gasteiger charge is -2.06. The maximum Gasteiger partial charge on any atom is 0.163 e. The van der Waals surface area contributed by atoms with Crippen molar-refractivity contribution in [3.05, 3.63) is 101 Å². The Morgan fingerprint density at radius 3 is 2.58 bits per heavy atom. The lowest BCUT2D eigenvalue weighted by molar-refractivity contribution is -0.121. The van der Waals surface area contributed by atoms with Crippen LogP contribution in [-0.2, 0) is 29.7 Å². The summed E-state index contributed by atoms with van der Waals surface area (Å²) in [5.74, 6) is 0.286. The average molecular weight is 439 g/mol. The molecule has 166 valence electrons. The van der Waals surface area contributed by atoms with E-state index in [4.69, 9.17) is 4.74 Å². The van der Waals surface area contributed by atoms with Gasteiger partial charge in [-0.05, 0) is 78.6 Å². The van der Waals surface area contributed by atoms with E-state index in [9.17, 15) is 9.59 Å². The van der Waals surface area contributed by atoms with Crippen LogP contribution in [0.3, 0.4) is 0 Å². The zero-order valence-corrected chi connectivity index (χ0v) is 18.6. The molecular weight excluding hydrogens is 412 g/mol. The van der Waals surface area contributed by atoms with Gasteiger partial charge in [0.15, 0.2) is 11.6 Å². The Morgan fingerprint density at radius 2 is 1.85 bits per heavy atom. The van der Waals surface area contributed by atoms with E-state index in [0.29, 0.717) is 6.61 Å². The number of aryl methyl sites for hydroxylation is 1. The first-order chi connectivity index (χ1) is 16.1. The molecule has 0 N–H and O–H groups in total. The highest BCUT2D eigenvalue weighted by molar-refractivity contribution is 6.10. The van der Waals surface area contributed by atoms with Crippen LogP contribution < -0.4 is 4.74 Å². The number of ketones is 2. The Balaban J connectivity index is 1.27. The van der Waals surface area contributed by atoms with Crippen molar-refractivity contribution in [3.8, 4) is 5.75 Å². The first kappa shape index (κ1) is 22.2. The number of allylic oxidation sites excluding steroid dienone is 3. The highest BCUT2D eigenvalue weighted by Gasteiger charge is 2.11. The van der Waals surface area contributed by atoms with E-state index in [-0.39, 0.29) is 18.0 Å². The van der Waals surface area contributed by atoms with Crippen LogP contribution in [0.4, 0.5) is 0 Å². The summed E-state index contributed by atoms with van der Waals surface area (Å²) in [5, 5.41) is 0. The second kappa shape index (κ2) is 10.6. The number of hydrogen-bond donors (Lipinski definition) is 0. The average Bonchev–Trinajstić information content (AvgIpc) is 3.17. The van der Waals surface area contributed by atoms with Gasteiger partial charge in [-0.15, -0.1) is 0 Å². The van der Waals surface area contributed by atoms with Crippen molar-refractivity contribution in [2.24, 2.45) is 7.05 Å². The van der Waals surface area contributed by atoms with Gasteiger partial charge in [0.25, 0.3) is 0 Å². The third kappa shape index (κ3) is 6.04. The fourth-order valence-electron chi connectivity index (χ4n) is 3.69. The summed E-state index contributed by atoms with van der Waals surface area (Å²) < 4.78 is 7.78. The van der Waals surface area contributed by atoms with Crippen LogP contribution in [0.15, 0.2) is 73.0 Å². The fourth-order valence-corrected chi connectivity index (χ4v) is 3.69. The number of pyridine rings is 1. The number of aromatic nitrogens is 2. The number of carbonyl (C=O) groups is 2. The van der Waals surface area contributed by atoms with E-state index in [1.165, 1.54) is 23.4 Å². The number of nitrogens with zero attached hydrogens (tertiary/aromatic N) is 2. The molecule has 5 heteroatoms. The molecule has 0 saturated heterocycles. The van der Waals surface area contributed by atoms with Crippen LogP contribution >= 0.6 is 0 Å². The fraction of sp³-hybridized carbons (Fsp3) is 0.179. The molecule has 0 spiro atoms. The second-order valence-electron chi connectivity index (χ2n) is 7.93. The number of benzene rings is 1. The normalized spacial score (nSPS) is 12.9. The molecule has 0 amide bonds. The molecule has 0 unspecified atom stereocenters. The van der Waals surface area contributed by atoms with Gasteiger partial charge in [-0.1, -0.05) is 30.4 Å². The SMILES string of the molecule is Cn1c(/C=C/C(=O)CC(=O)/C=C/c2ccc(OCc3ccccn3)cc2)cc2c1C=CCC2. The predicted octanol–water partition coefficient (Wildman–Crippen LogP) is 5.21. The molecule has 0 radical (unpaired) electrons. The van der Waals surface area contributed by atoms with Gasteiger partial charge in [-0.25, -0.2) is 0 Å². The predicted molar refractivity (Wildman–Crippen MR) is 130 cm³/mol. The van der Waals surface area contributed by atoms with Crippen molar-refractivity contribution >= 4 is 29.8 Å². The second-order valence-corrected chi connectivity index (χ2v) is 7.93. The smallest absolute Gasteiger partial charge is 0.163 e. The Hall–Kier alpha value is -3.99. The molecule has 33 heavy (non-hydrogen) atoms. The Kier molecular flexibility index (Phi) is 7.10. The Bertz CT molecular complexity index is 1220.